The van der Waals surface area contributed by atoms with E-state index < -0.39 is 21.9 Å². The van der Waals surface area contributed by atoms with E-state index in [0.29, 0.717) is 13.1 Å². The standard InChI is InChI=1S/C14H19FN2O3S/c1-8-12(15)4-10(5-13(8)16)21(19,20)17-6-9-2-3-14(18)11(9)7-17/h4-5,9,11,14,18H,2-3,6-7,16H2,1H3. The van der Waals surface area contributed by atoms with Crippen LogP contribution in [-0.4, -0.2) is 37.0 Å². The third kappa shape index (κ3) is 2.33. The van der Waals surface area contributed by atoms with Crippen LogP contribution in [-0.2, 0) is 10.0 Å². The number of nitrogen functional groups attached to an aromatic ring is 1. The van der Waals surface area contributed by atoms with Gasteiger partial charge in [0.25, 0.3) is 0 Å². The number of sulfonamides is 1. The Bertz CT molecular complexity index is 654. The summed E-state index contributed by atoms with van der Waals surface area (Å²) in [5.41, 5.74) is 6.05. The van der Waals surface area contributed by atoms with Crippen LogP contribution < -0.4 is 5.73 Å². The minimum absolute atomic E-state index is 0.00702. The van der Waals surface area contributed by atoms with Crippen molar-refractivity contribution >= 4 is 15.7 Å². The van der Waals surface area contributed by atoms with Gasteiger partial charge in [-0.25, -0.2) is 12.8 Å². The van der Waals surface area contributed by atoms with Gasteiger partial charge in [0.2, 0.25) is 10.0 Å². The van der Waals surface area contributed by atoms with Crippen LogP contribution in [0.3, 0.4) is 0 Å². The molecule has 3 atom stereocenters. The van der Waals surface area contributed by atoms with Crippen LogP contribution in [0.15, 0.2) is 17.0 Å². The molecule has 1 saturated heterocycles. The first-order valence-corrected chi connectivity index (χ1v) is 8.48. The van der Waals surface area contributed by atoms with E-state index in [4.69, 9.17) is 5.73 Å². The summed E-state index contributed by atoms with van der Waals surface area (Å²) >= 11 is 0. The van der Waals surface area contributed by atoms with E-state index in [1.807, 2.05) is 0 Å². The van der Waals surface area contributed by atoms with Gasteiger partial charge in [-0.3, -0.25) is 0 Å². The predicted molar refractivity (Wildman–Crippen MR) is 76.5 cm³/mol. The van der Waals surface area contributed by atoms with Crippen molar-refractivity contribution in [2.45, 2.75) is 30.8 Å². The fraction of sp³-hybridized carbons (Fsp3) is 0.571. The molecule has 1 heterocycles. The Morgan fingerprint density at radius 3 is 2.67 bits per heavy atom. The van der Waals surface area contributed by atoms with Crippen molar-refractivity contribution < 1.29 is 17.9 Å². The van der Waals surface area contributed by atoms with Gasteiger partial charge in [0, 0.05) is 30.3 Å². The fourth-order valence-electron chi connectivity index (χ4n) is 3.36. The number of rotatable bonds is 2. The first-order valence-electron chi connectivity index (χ1n) is 7.04. The van der Waals surface area contributed by atoms with Gasteiger partial charge in [0.15, 0.2) is 0 Å². The molecule has 116 valence electrons. The molecule has 0 aromatic heterocycles. The second-order valence-corrected chi connectivity index (χ2v) is 7.95. The predicted octanol–water partition coefficient (Wildman–Crippen LogP) is 1.11. The van der Waals surface area contributed by atoms with Crippen molar-refractivity contribution in [3.63, 3.8) is 0 Å². The number of hydrogen-bond acceptors (Lipinski definition) is 4. The zero-order valence-electron chi connectivity index (χ0n) is 11.8. The van der Waals surface area contributed by atoms with Crippen LogP contribution in [0.2, 0.25) is 0 Å². The largest absolute Gasteiger partial charge is 0.398 e. The molecule has 1 aliphatic carbocycles. The molecule has 1 saturated carbocycles. The molecule has 1 aromatic carbocycles. The second kappa shape index (κ2) is 4.93. The number of hydrogen-bond donors (Lipinski definition) is 2. The van der Waals surface area contributed by atoms with Gasteiger partial charge in [-0.1, -0.05) is 0 Å². The van der Waals surface area contributed by atoms with Gasteiger partial charge >= 0.3 is 0 Å². The summed E-state index contributed by atoms with van der Waals surface area (Å²) < 4.78 is 40.3. The number of aliphatic hydroxyl groups is 1. The average molecular weight is 314 g/mol. The third-order valence-electron chi connectivity index (χ3n) is 4.78. The number of halogens is 1. The molecule has 2 aliphatic rings. The van der Waals surface area contributed by atoms with Gasteiger partial charge < -0.3 is 10.8 Å². The van der Waals surface area contributed by atoms with E-state index in [9.17, 15) is 17.9 Å². The maximum absolute atomic E-state index is 13.7. The minimum atomic E-state index is -3.76. The topological polar surface area (TPSA) is 83.6 Å². The minimum Gasteiger partial charge on any atom is -0.398 e. The van der Waals surface area contributed by atoms with Gasteiger partial charge in [0.1, 0.15) is 5.82 Å². The summed E-state index contributed by atoms with van der Waals surface area (Å²) in [5.74, 6) is -0.428. The number of nitrogens with two attached hydrogens (primary N) is 1. The van der Waals surface area contributed by atoms with Crippen LogP contribution >= 0.6 is 0 Å². The lowest BCUT2D eigenvalue weighted by Gasteiger charge is -2.19. The highest BCUT2D eigenvalue weighted by Gasteiger charge is 2.45. The maximum Gasteiger partial charge on any atom is 0.243 e. The summed E-state index contributed by atoms with van der Waals surface area (Å²) in [6.07, 6.45) is 1.13. The summed E-state index contributed by atoms with van der Waals surface area (Å²) in [5, 5.41) is 9.88. The van der Waals surface area contributed by atoms with E-state index in [1.165, 1.54) is 17.3 Å². The first-order chi connectivity index (χ1) is 9.80. The quantitative estimate of drug-likeness (QED) is 0.801. The van der Waals surface area contributed by atoms with Crippen LogP contribution in [0.4, 0.5) is 10.1 Å². The first kappa shape index (κ1) is 14.7. The smallest absolute Gasteiger partial charge is 0.243 e. The average Bonchev–Trinajstić information content (AvgIpc) is 2.98. The van der Waals surface area contributed by atoms with Crippen LogP contribution in [0.5, 0.6) is 0 Å². The molecule has 1 aromatic rings. The fourth-order valence-corrected chi connectivity index (χ4v) is 4.95. The Kier molecular flexibility index (Phi) is 3.46. The lowest BCUT2D eigenvalue weighted by Crippen LogP contribution is -2.31. The van der Waals surface area contributed by atoms with Crippen molar-refractivity contribution in [3.05, 3.63) is 23.5 Å². The third-order valence-corrected chi connectivity index (χ3v) is 6.59. The molecule has 0 radical (unpaired) electrons. The molecular formula is C14H19FN2O3S. The molecule has 5 nitrogen and oxygen atoms in total. The molecule has 3 rings (SSSR count). The molecule has 21 heavy (non-hydrogen) atoms. The SMILES string of the molecule is Cc1c(N)cc(S(=O)(=O)N2CC3CCC(O)C3C2)cc1F. The van der Waals surface area contributed by atoms with Crippen LogP contribution in [0, 0.1) is 24.6 Å². The molecule has 3 unspecified atom stereocenters. The Morgan fingerprint density at radius 1 is 1.33 bits per heavy atom. The van der Waals surface area contributed by atoms with Crippen LogP contribution in [0.25, 0.3) is 0 Å². The van der Waals surface area contributed by atoms with Gasteiger partial charge in [0.05, 0.1) is 11.0 Å². The monoisotopic (exact) mass is 314 g/mol. The normalized spacial score (nSPS) is 29.8. The Hall–Kier alpha value is -1.18. The Morgan fingerprint density at radius 2 is 2.05 bits per heavy atom. The molecule has 0 amide bonds. The van der Waals surface area contributed by atoms with Crippen molar-refractivity contribution in [2.24, 2.45) is 11.8 Å². The van der Waals surface area contributed by atoms with Gasteiger partial charge in [-0.2, -0.15) is 4.31 Å². The number of fused-ring (bicyclic) bond motifs is 1. The van der Waals surface area contributed by atoms with E-state index >= 15 is 0 Å². The van der Waals surface area contributed by atoms with E-state index in [-0.39, 0.29) is 28.0 Å². The zero-order valence-corrected chi connectivity index (χ0v) is 12.6. The number of anilines is 1. The molecule has 3 N–H and O–H groups in total. The summed E-state index contributed by atoms with van der Waals surface area (Å²) in [4.78, 5) is -0.113. The molecule has 2 fully saturated rings. The molecule has 0 spiro atoms. The van der Waals surface area contributed by atoms with Gasteiger partial charge in [-0.05, 0) is 37.8 Å². The molecule has 1 aliphatic heterocycles. The molecular weight excluding hydrogens is 295 g/mol. The second-order valence-electron chi connectivity index (χ2n) is 6.01. The summed E-state index contributed by atoms with van der Waals surface area (Å²) in [6, 6.07) is 2.32. The lowest BCUT2D eigenvalue weighted by atomic mass is 10.00. The number of benzene rings is 1. The van der Waals surface area contributed by atoms with Crippen LogP contribution in [0.1, 0.15) is 18.4 Å². The lowest BCUT2D eigenvalue weighted by molar-refractivity contribution is 0.129. The number of aliphatic hydroxyl groups excluding tert-OH is 1. The summed E-state index contributed by atoms with van der Waals surface area (Å²) in [6.45, 7) is 2.20. The van der Waals surface area contributed by atoms with Crippen molar-refractivity contribution in [3.8, 4) is 0 Å². The highest BCUT2D eigenvalue weighted by Crippen LogP contribution is 2.40. The number of nitrogens with zero attached hydrogens (tertiary/aromatic N) is 1. The van der Waals surface area contributed by atoms with E-state index in [2.05, 4.69) is 0 Å². The molecule has 7 heteroatoms. The molecule has 0 bridgehead atoms. The van der Waals surface area contributed by atoms with Crippen molar-refractivity contribution in [2.75, 3.05) is 18.8 Å². The highest BCUT2D eigenvalue weighted by molar-refractivity contribution is 7.89. The van der Waals surface area contributed by atoms with Crippen molar-refractivity contribution in [1.29, 1.82) is 0 Å². The van der Waals surface area contributed by atoms with E-state index in [1.54, 1.807) is 0 Å². The zero-order chi connectivity index (χ0) is 15.4. The maximum atomic E-state index is 13.7. The summed E-state index contributed by atoms with van der Waals surface area (Å²) in [7, 11) is -3.76. The highest BCUT2D eigenvalue weighted by atomic mass is 32.2. The van der Waals surface area contributed by atoms with Crippen molar-refractivity contribution in [1.82, 2.24) is 4.31 Å². The Labute approximate surface area is 123 Å². The Balaban J connectivity index is 1.92. The van der Waals surface area contributed by atoms with Gasteiger partial charge in [-0.15, -0.1) is 0 Å². The van der Waals surface area contributed by atoms with E-state index in [0.717, 1.165) is 18.9 Å².